The summed E-state index contributed by atoms with van der Waals surface area (Å²) in [5.74, 6) is -0.117. The maximum absolute atomic E-state index is 12.4. The second-order valence-electron chi connectivity index (χ2n) is 4.93. The van der Waals surface area contributed by atoms with Crippen LogP contribution < -0.4 is 9.47 Å². The van der Waals surface area contributed by atoms with E-state index in [2.05, 4.69) is 0 Å². The van der Waals surface area contributed by atoms with Gasteiger partial charge in [-0.25, -0.2) is 0 Å². The molecule has 0 saturated carbocycles. The van der Waals surface area contributed by atoms with Crippen molar-refractivity contribution < 1.29 is 14.5 Å². The van der Waals surface area contributed by atoms with Gasteiger partial charge in [0.15, 0.2) is 12.4 Å². The van der Waals surface area contributed by atoms with Crippen molar-refractivity contribution in [2.24, 2.45) is 0 Å². The molecule has 1 aromatic heterocycles. The van der Waals surface area contributed by atoms with E-state index in [-0.39, 0.29) is 11.5 Å². The number of anilines is 1. The fraction of sp³-hybridized carbons (Fsp3) is 0.125. The number of allylic oxidation sites excluding steroid dienone is 1. The van der Waals surface area contributed by atoms with Crippen LogP contribution in [0, 0.1) is 0 Å². The largest absolute Gasteiger partial charge is 0.502 e. The SMILES string of the molecule is CN(C)c1cc[n+](C2=C(O)c3ccccc3C2=O)cc1. The van der Waals surface area contributed by atoms with Gasteiger partial charge in [-0.1, -0.05) is 24.3 Å². The Bertz CT molecular complexity index is 716. The van der Waals surface area contributed by atoms with Crippen molar-refractivity contribution in [2.75, 3.05) is 19.0 Å². The molecule has 2 aromatic rings. The lowest BCUT2D eigenvalue weighted by atomic mass is 10.1. The van der Waals surface area contributed by atoms with Crippen molar-refractivity contribution >= 4 is 22.9 Å². The van der Waals surface area contributed by atoms with Crippen molar-refractivity contribution in [3.63, 3.8) is 0 Å². The van der Waals surface area contributed by atoms with E-state index in [0.717, 1.165) is 5.69 Å². The number of rotatable bonds is 2. The number of hydrogen-bond donors (Lipinski definition) is 1. The maximum Gasteiger partial charge on any atom is 0.301 e. The van der Waals surface area contributed by atoms with E-state index in [1.165, 1.54) is 0 Å². The number of nitrogens with zero attached hydrogens (tertiary/aromatic N) is 2. The third-order valence-corrected chi connectivity index (χ3v) is 3.45. The molecule has 0 fully saturated rings. The molecule has 0 aliphatic heterocycles. The lowest BCUT2D eigenvalue weighted by Gasteiger charge is -2.10. The molecule has 1 aromatic carbocycles. The molecule has 0 amide bonds. The summed E-state index contributed by atoms with van der Waals surface area (Å²) in [7, 11) is 3.90. The molecule has 100 valence electrons. The molecule has 1 N–H and O–H groups in total. The van der Waals surface area contributed by atoms with Crippen molar-refractivity contribution in [1.82, 2.24) is 0 Å². The highest BCUT2D eigenvalue weighted by Gasteiger charge is 2.36. The van der Waals surface area contributed by atoms with Crippen LogP contribution >= 0.6 is 0 Å². The molecular formula is C16H15N2O2+. The van der Waals surface area contributed by atoms with Gasteiger partial charge in [0.25, 0.3) is 5.78 Å². The Kier molecular flexibility index (Phi) is 2.79. The molecule has 0 atom stereocenters. The Balaban J connectivity index is 2.08. The minimum atomic E-state index is -0.152. The highest BCUT2D eigenvalue weighted by Crippen LogP contribution is 2.30. The zero-order valence-electron chi connectivity index (χ0n) is 11.4. The van der Waals surface area contributed by atoms with Crippen molar-refractivity contribution in [3.05, 3.63) is 59.9 Å². The van der Waals surface area contributed by atoms with Crippen LogP contribution in [0.5, 0.6) is 0 Å². The maximum atomic E-state index is 12.4. The number of carbonyl (C=O) groups is 1. The second-order valence-corrected chi connectivity index (χ2v) is 4.93. The molecule has 3 rings (SSSR count). The number of aliphatic hydroxyl groups excluding tert-OH is 1. The van der Waals surface area contributed by atoms with Gasteiger partial charge in [-0.3, -0.25) is 4.79 Å². The average Bonchev–Trinajstić information content (AvgIpc) is 2.72. The molecule has 1 aliphatic rings. The standard InChI is InChI=1S/C16H14N2O2/c1-17(2)11-7-9-18(10-8-11)14-15(19)12-5-3-4-6-13(12)16(14)20/h3-10H,1-2H3/p+1. The molecule has 0 radical (unpaired) electrons. The van der Waals surface area contributed by atoms with E-state index in [9.17, 15) is 9.90 Å². The van der Waals surface area contributed by atoms with Crippen LogP contribution in [0.4, 0.5) is 5.69 Å². The summed E-state index contributed by atoms with van der Waals surface area (Å²) in [4.78, 5) is 14.4. The molecule has 20 heavy (non-hydrogen) atoms. The summed E-state index contributed by atoms with van der Waals surface area (Å²) >= 11 is 0. The first-order chi connectivity index (χ1) is 9.59. The smallest absolute Gasteiger partial charge is 0.301 e. The fourth-order valence-electron chi connectivity index (χ4n) is 2.36. The molecule has 0 spiro atoms. The van der Waals surface area contributed by atoms with Gasteiger partial charge in [0, 0.05) is 43.0 Å². The highest BCUT2D eigenvalue weighted by molar-refractivity contribution is 6.32. The highest BCUT2D eigenvalue weighted by atomic mass is 16.3. The average molecular weight is 267 g/mol. The topological polar surface area (TPSA) is 44.4 Å². The summed E-state index contributed by atoms with van der Waals surface area (Å²) in [6.07, 6.45) is 3.56. The molecule has 1 aliphatic carbocycles. The number of hydrogen-bond acceptors (Lipinski definition) is 3. The van der Waals surface area contributed by atoms with Crippen molar-refractivity contribution in [2.45, 2.75) is 0 Å². The molecule has 1 heterocycles. The van der Waals surface area contributed by atoms with Crippen LogP contribution in [0.25, 0.3) is 11.5 Å². The van der Waals surface area contributed by atoms with Crippen molar-refractivity contribution in [1.29, 1.82) is 0 Å². The molecule has 0 saturated heterocycles. The van der Waals surface area contributed by atoms with E-state index >= 15 is 0 Å². The molecular weight excluding hydrogens is 252 g/mol. The molecule has 0 bridgehead atoms. The van der Waals surface area contributed by atoms with Gasteiger partial charge in [-0.2, -0.15) is 4.57 Å². The minimum absolute atomic E-state index is 0.0354. The van der Waals surface area contributed by atoms with Gasteiger partial charge in [0.05, 0.1) is 0 Å². The van der Waals surface area contributed by atoms with E-state index < -0.39 is 0 Å². The Morgan fingerprint density at radius 1 is 1.00 bits per heavy atom. The lowest BCUT2D eigenvalue weighted by Crippen LogP contribution is -2.35. The quantitative estimate of drug-likeness (QED) is 0.848. The van der Waals surface area contributed by atoms with Crippen molar-refractivity contribution in [3.8, 4) is 0 Å². The first-order valence-corrected chi connectivity index (χ1v) is 6.36. The van der Waals surface area contributed by atoms with Gasteiger partial charge in [-0.15, -0.1) is 0 Å². The number of benzene rings is 1. The Morgan fingerprint density at radius 3 is 2.15 bits per heavy atom. The number of aliphatic hydroxyl groups is 1. The van der Waals surface area contributed by atoms with Gasteiger partial charge < -0.3 is 10.0 Å². The molecule has 0 unspecified atom stereocenters. The summed E-state index contributed by atoms with van der Waals surface area (Å²) < 4.78 is 1.66. The third-order valence-electron chi connectivity index (χ3n) is 3.45. The minimum Gasteiger partial charge on any atom is -0.502 e. The van der Waals surface area contributed by atoms with Gasteiger partial charge in [-0.05, 0) is 0 Å². The van der Waals surface area contributed by atoms with Gasteiger partial charge in [0.2, 0.25) is 5.76 Å². The summed E-state index contributed by atoms with van der Waals surface area (Å²) in [6, 6.07) is 10.9. The first-order valence-electron chi connectivity index (χ1n) is 6.36. The molecule has 4 heteroatoms. The van der Waals surface area contributed by atoms with Crippen LogP contribution in [0.15, 0.2) is 48.8 Å². The molecule has 4 nitrogen and oxygen atoms in total. The summed E-state index contributed by atoms with van der Waals surface area (Å²) in [5.41, 5.74) is 2.47. The number of Topliss-reactive ketones (excluding diaryl/α,β-unsaturated/α-hetero) is 1. The summed E-state index contributed by atoms with van der Waals surface area (Å²) in [5, 5.41) is 10.3. The fourth-order valence-corrected chi connectivity index (χ4v) is 2.36. The van der Waals surface area contributed by atoms with E-state index in [4.69, 9.17) is 0 Å². The van der Waals surface area contributed by atoms with Gasteiger partial charge >= 0.3 is 5.70 Å². The van der Waals surface area contributed by atoms with E-state index in [0.29, 0.717) is 16.8 Å². The number of pyridine rings is 1. The second kappa shape index (κ2) is 4.49. The van der Waals surface area contributed by atoms with Crippen LogP contribution in [-0.2, 0) is 0 Å². The number of carbonyl (C=O) groups excluding carboxylic acids is 1. The predicted octanol–water partition coefficient (Wildman–Crippen LogP) is 2.12. The van der Waals surface area contributed by atoms with Crippen LogP contribution in [0.1, 0.15) is 15.9 Å². The third kappa shape index (κ3) is 1.77. The monoisotopic (exact) mass is 267 g/mol. The van der Waals surface area contributed by atoms with Crippen LogP contribution in [0.3, 0.4) is 0 Å². The normalized spacial score (nSPS) is 13.6. The zero-order valence-corrected chi connectivity index (χ0v) is 11.4. The van der Waals surface area contributed by atoms with E-state index in [1.807, 2.05) is 37.2 Å². The van der Waals surface area contributed by atoms with Crippen LogP contribution in [0.2, 0.25) is 0 Å². The number of ketones is 1. The Hall–Kier alpha value is -2.62. The summed E-state index contributed by atoms with van der Waals surface area (Å²) in [6.45, 7) is 0. The Morgan fingerprint density at radius 2 is 1.60 bits per heavy atom. The lowest BCUT2D eigenvalue weighted by molar-refractivity contribution is -0.576. The number of aromatic nitrogens is 1. The first kappa shape index (κ1) is 12.4. The number of fused-ring (bicyclic) bond motifs is 1. The zero-order chi connectivity index (χ0) is 14.3. The van der Waals surface area contributed by atoms with Crippen LogP contribution in [-0.4, -0.2) is 25.0 Å². The van der Waals surface area contributed by atoms with Gasteiger partial charge in [0.1, 0.15) is 0 Å². The van der Waals surface area contributed by atoms with E-state index in [1.54, 1.807) is 35.2 Å². The predicted molar refractivity (Wildman–Crippen MR) is 77.5 cm³/mol. The Labute approximate surface area is 117 Å².